The van der Waals surface area contributed by atoms with Gasteiger partial charge in [-0.05, 0) is 30.7 Å². The third-order valence-corrected chi connectivity index (χ3v) is 2.27. The molecule has 4 nitrogen and oxygen atoms in total. The third kappa shape index (κ3) is 3.95. The van der Waals surface area contributed by atoms with Crippen molar-refractivity contribution in [1.29, 1.82) is 5.26 Å². The maximum atomic E-state index is 11.1. The fourth-order valence-electron chi connectivity index (χ4n) is 1.41. The first-order valence-electron chi connectivity index (χ1n) is 5.61. The Kier molecular flexibility index (Phi) is 5.46. The highest BCUT2D eigenvalue weighted by atomic mass is 16.5. The van der Waals surface area contributed by atoms with E-state index >= 15 is 0 Å². The molecule has 1 aromatic carbocycles. The summed E-state index contributed by atoms with van der Waals surface area (Å²) in [4.78, 5) is 11.1. The lowest BCUT2D eigenvalue weighted by atomic mass is 10.1. The number of rotatable bonds is 5. The van der Waals surface area contributed by atoms with Crippen LogP contribution in [0.25, 0.3) is 6.08 Å². The van der Waals surface area contributed by atoms with Crippen molar-refractivity contribution in [3.8, 4) is 11.8 Å². The standard InChI is InChI=1S/C14H15NO3/c1-3-18-14(16)6-4-5-11-9-13(17-2)8-7-12(11)10-15/h4-5,7-9H,3,6H2,1-2H3. The molecule has 1 rings (SSSR count). The van der Waals surface area contributed by atoms with Gasteiger partial charge in [0.25, 0.3) is 0 Å². The van der Waals surface area contributed by atoms with Gasteiger partial charge in [-0.15, -0.1) is 0 Å². The Morgan fingerprint density at radius 2 is 2.28 bits per heavy atom. The molecular formula is C14H15NO3. The molecule has 18 heavy (non-hydrogen) atoms. The van der Waals surface area contributed by atoms with Crippen molar-refractivity contribution in [3.63, 3.8) is 0 Å². The summed E-state index contributed by atoms with van der Waals surface area (Å²) in [5.74, 6) is 0.389. The van der Waals surface area contributed by atoms with Gasteiger partial charge in [0.2, 0.25) is 0 Å². The Bertz CT molecular complexity index is 486. The van der Waals surface area contributed by atoms with E-state index < -0.39 is 0 Å². The summed E-state index contributed by atoms with van der Waals surface area (Å²) in [6, 6.07) is 7.24. The van der Waals surface area contributed by atoms with Crippen molar-refractivity contribution in [2.75, 3.05) is 13.7 Å². The second-order valence-corrected chi connectivity index (χ2v) is 3.48. The van der Waals surface area contributed by atoms with Gasteiger partial charge in [0.1, 0.15) is 5.75 Å². The van der Waals surface area contributed by atoms with Crippen molar-refractivity contribution in [1.82, 2.24) is 0 Å². The maximum Gasteiger partial charge on any atom is 0.309 e. The zero-order chi connectivity index (χ0) is 13.4. The van der Waals surface area contributed by atoms with Gasteiger partial charge in [-0.1, -0.05) is 12.2 Å². The molecule has 1 aromatic rings. The average Bonchev–Trinajstić information content (AvgIpc) is 2.39. The average molecular weight is 245 g/mol. The van der Waals surface area contributed by atoms with E-state index in [-0.39, 0.29) is 12.4 Å². The second kappa shape index (κ2) is 7.13. The molecule has 0 aliphatic carbocycles. The molecule has 0 spiro atoms. The third-order valence-electron chi connectivity index (χ3n) is 2.27. The maximum absolute atomic E-state index is 11.1. The van der Waals surface area contributed by atoms with Crippen LogP contribution in [-0.4, -0.2) is 19.7 Å². The molecule has 0 N–H and O–H groups in total. The molecule has 0 saturated carbocycles. The summed E-state index contributed by atoms with van der Waals surface area (Å²) in [6.07, 6.45) is 3.58. The number of hydrogen-bond donors (Lipinski definition) is 0. The molecule has 94 valence electrons. The van der Waals surface area contributed by atoms with Crippen molar-refractivity contribution in [3.05, 3.63) is 35.4 Å². The summed E-state index contributed by atoms with van der Waals surface area (Å²) >= 11 is 0. The molecule has 0 atom stereocenters. The van der Waals surface area contributed by atoms with Crippen molar-refractivity contribution >= 4 is 12.0 Å². The van der Waals surface area contributed by atoms with Crippen molar-refractivity contribution in [2.45, 2.75) is 13.3 Å². The first-order valence-corrected chi connectivity index (χ1v) is 5.61. The van der Waals surface area contributed by atoms with Gasteiger partial charge in [0, 0.05) is 0 Å². The number of carbonyl (C=O) groups excluding carboxylic acids is 1. The molecule has 0 unspecified atom stereocenters. The summed E-state index contributed by atoms with van der Waals surface area (Å²) in [6.45, 7) is 2.13. The molecule has 0 aliphatic rings. The number of nitrogens with zero attached hydrogens (tertiary/aromatic N) is 1. The molecule has 0 radical (unpaired) electrons. The van der Waals surface area contributed by atoms with E-state index in [0.717, 1.165) is 5.56 Å². The summed E-state index contributed by atoms with van der Waals surface area (Å²) < 4.78 is 9.89. The van der Waals surface area contributed by atoms with Gasteiger partial charge in [-0.2, -0.15) is 5.26 Å². The SMILES string of the molecule is CCOC(=O)CC=Cc1cc(OC)ccc1C#N. The zero-order valence-corrected chi connectivity index (χ0v) is 10.5. The second-order valence-electron chi connectivity index (χ2n) is 3.48. The molecule has 4 heteroatoms. The Labute approximate surface area is 106 Å². The van der Waals surface area contributed by atoms with Crippen molar-refractivity contribution < 1.29 is 14.3 Å². The van der Waals surface area contributed by atoms with Crippen LogP contribution < -0.4 is 4.74 Å². The first kappa shape index (κ1) is 13.8. The molecule has 0 bridgehead atoms. The summed E-state index contributed by atoms with van der Waals surface area (Å²) in [5.41, 5.74) is 1.26. The smallest absolute Gasteiger partial charge is 0.309 e. The van der Waals surface area contributed by atoms with Gasteiger partial charge in [-0.3, -0.25) is 4.79 Å². The van der Waals surface area contributed by atoms with Crippen molar-refractivity contribution in [2.24, 2.45) is 0 Å². The molecular weight excluding hydrogens is 230 g/mol. The van der Waals surface area contributed by atoms with Gasteiger partial charge in [-0.25, -0.2) is 0 Å². The Hall–Kier alpha value is -2.28. The van der Waals surface area contributed by atoms with Crippen LogP contribution in [0.3, 0.4) is 0 Å². The minimum atomic E-state index is -0.282. The van der Waals surface area contributed by atoms with E-state index in [9.17, 15) is 4.79 Å². The monoisotopic (exact) mass is 245 g/mol. The van der Waals surface area contributed by atoms with E-state index in [1.54, 1.807) is 44.4 Å². The Morgan fingerprint density at radius 3 is 2.89 bits per heavy atom. The lowest BCUT2D eigenvalue weighted by Gasteiger charge is -2.03. The molecule has 0 fully saturated rings. The van der Waals surface area contributed by atoms with Gasteiger partial charge in [0.15, 0.2) is 0 Å². The van der Waals surface area contributed by atoms with Crippen LogP contribution in [-0.2, 0) is 9.53 Å². The molecule has 0 aliphatic heterocycles. The summed E-state index contributed by atoms with van der Waals surface area (Å²) in [7, 11) is 1.56. The van der Waals surface area contributed by atoms with Gasteiger partial charge >= 0.3 is 5.97 Å². The highest BCUT2D eigenvalue weighted by molar-refractivity contribution is 5.73. The molecule has 0 aromatic heterocycles. The van der Waals surface area contributed by atoms with E-state index in [0.29, 0.717) is 17.9 Å². The number of methoxy groups -OCH3 is 1. The highest BCUT2D eigenvalue weighted by Crippen LogP contribution is 2.18. The highest BCUT2D eigenvalue weighted by Gasteiger charge is 2.02. The fraction of sp³-hybridized carbons (Fsp3) is 0.286. The predicted molar refractivity (Wildman–Crippen MR) is 68.0 cm³/mol. The number of carbonyl (C=O) groups is 1. The minimum absolute atomic E-state index is 0.190. The van der Waals surface area contributed by atoms with Crippen LogP contribution in [0.2, 0.25) is 0 Å². The minimum Gasteiger partial charge on any atom is -0.497 e. The van der Waals surface area contributed by atoms with E-state index in [2.05, 4.69) is 6.07 Å². The quantitative estimate of drug-likeness (QED) is 0.748. The van der Waals surface area contributed by atoms with Crippen LogP contribution in [0, 0.1) is 11.3 Å². The largest absolute Gasteiger partial charge is 0.497 e. The Morgan fingerprint density at radius 1 is 1.50 bits per heavy atom. The van der Waals surface area contributed by atoms with Crippen LogP contribution >= 0.6 is 0 Å². The van der Waals surface area contributed by atoms with E-state index in [4.69, 9.17) is 14.7 Å². The topological polar surface area (TPSA) is 59.3 Å². The number of ether oxygens (including phenoxy) is 2. The van der Waals surface area contributed by atoms with Crippen LogP contribution in [0.5, 0.6) is 5.75 Å². The molecule has 0 amide bonds. The Balaban J connectivity index is 2.79. The number of hydrogen-bond acceptors (Lipinski definition) is 4. The normalized spacial score (nSPS) is 10.1. The van der Waals surface area contributed by atoms with Crippen LogP contribution in [0.1, 0.15) is 24.5 Å². The number of nitriles is 1. The van der Waals surface area contributed by atoms with Gasteiger partial charge < -0.3 is 9.47 Å². The van der Waals surface area contributed by atoms with Crippen LogP contribution in [0.4, 0.5) is 0 Å². The molecule has 0 saturated heterocycles. The lowest BCUT2D eigenvalue weighted by molar-refractivity contribution is -0.142. The van der Waals surface area contributed by atoms with Gasteiger partial charge in [0.05, 0.1) is 31.8 Å². The summed E-state index contributed by atoms with van der Waals surface area (Å²) in [5, 5.41) is 8.96. The van der Waals surface area contributed by atoms with Crippen LogP contribution in [0.15, 0.2) is 24.3 Å². The zero-order valence-electron chi connectivity index (χ0n) is 10.5. The van der Waals surface area contributed by atoms with E-state index in [1.165, 1.54) is 0 Å². The van der Waals surface area contributed by atoms with E-state index in [1.807, 2.05) is 0 Å². The lowest BCUT2D eigenvalue weighted by Crippen LogP contribution is -2.01. The first-order chi connectivity index (χ1) is 8.71. The molecule has 0 heterocycles. The number of benzene rings is 1. The number of esters is 1. The predicted octanol–water partition coefficient (Wildman–Crippen LogP) is 2.53. The fourth-order valence-corrected chi connectivity index (χ4v) is 1.41.